The Balaban J connectivity index is 2.22. The predicted octanol–water partition coefficient (Wildman–Crippen LogP) is 1.07. The van der Waals surface area contributed by atoms with Crippen molar-refractivity contribution in [2.45, 2.75) is 6.54 Å². The SMILES string of the molecule is NC(=O)COCCNCc1cccc(Cl)c1F. The topological polar surface area (TPSA) is 64.4 Å². The van der Waals surface area contributed by atoms with Crippen LogP contribution < -0.4 is 11.1 Å². The lowest BCUT2D eigenvalue weighted by Gasteiger charge is -2.06. The van der Waals surface area contributed by atoms with Crippen LogP contribution in [0.25, 0.3) is 0 Å². The van der Waals surface area contributed by atoms with Crippen LogP contribution in [-0.2, 0) is 16.1 Å². The average molecular weight is 261 g/mol. The highest BCUT2D eigenvalue weighted by Crippen LogP contribution is 2.17. The van der Waals surface area contributed by atoms with Crippen molar-refractivity contribution < 1.29 is 13.9 Å². The van der Waals surface area contributed by atoms with Crippen LogP contribution in [0.4, 0.5) is 4.39 Å². The van der Waals surface area contributed by atoms with Gasteiger partial charge in [-0.25, -0.2) is 4.39 Å². The molecule has 0 spiro atoms. The number of carbonyl (C=O) groups excluding carboxylic acids is 1. The summed E-state index contributed by atoms with van der Waals surface area (Å²) in [6.07, 6.45) is 0. The highest BCUT2D eigenvalue weighted by atomic mass is 35.5. The van der Waals surface area contributed by atoms with Gasteiger partial charge in [0.2, 0.25) is 5.91 Å². The molecule has 6 heteroatoms. The van der Waals surface area contributed by atoms with Crippen LogP contribution in [0.3, 0.4) is 0 Å². The number of ether oxygens (including phenoxy) is 1. The lowest BCUT2D eigenvalue weighted by atomic mass is 10.2. The van der Waals surface area contributed by atoms with E-state index in [1.54, 1.807) is 12.1 Å². The second-order valence-electron chi connectivity index (χ2n) is 3.41. The van der Waals surface area contributed by atoms with E-state index < -0.39 is 11.7 Å². The van der Waals surface area contributed by atoms with Gasteiger partial charge in [0.25, 0.3) is 0 Å². The maximum atomic E-state index is 13.4. The maximum absolute atomic E-state index is 13.4. The molecule has 1 rings (SSSR count). The first kappa shape index (κ1) is 13.9. The highest BCUT2D eigenvalue weighted by molar-refractivity contribution is 6.30. The number of benzene rings is 1. The molecule has 0 heterocycles. The number of halogens is 2. The molecule has 0 atom stereocenters. The van der Waals surface area contributed by atoms with Crippen molar-refractivity contribution in [1.82, 2.24) is 5.32 Å². The van der Waals surface area contributed by atoms with Gasteiger partial charge in [-0.1, -0.05) is 23.7 Å². The van der Waals surface area contributed by atoms with E-state index in [0.717, 1.165) is 0 Å². The first-order valence-electron chi connectivity index (χ1n) is 5.11. The molecule has 1 aromatic carbocycles. The number of nitrogens with one attached hydrogen (secondary N) is 1. The lowest BCUT2D eigenvalue weighted by molar-refractivity contribution is -0.122. The Bertz CT molecular complexity index is 388. The van der Waals surface area contributed by atoms with E-state index in [1.807, 2.05) is 0 Å². The standard InChI is InChI=1S/C11H14ClFN2O2/c12-9-3-1-2-8(11(9)13)6-15-4-5-17-7-10(14)16/h1-3,15H,4-7H2,(H2,14,16). The van der Waals surface area contributed by atoms with E-state index in [9.17, 15) is 9.18 Å². The summed E-state index contributed by atoms with van der Waals surface area (Å²) in [6.45, 7) is 1.09. The Labute approximate surface area is 104 Å². The molecule has 1 aromatic rings. The van der Waals surface area contributed by atoms with Crippen LogP contribution in [-0.4, -0.2) is 25.7 Å². The first-order valence-corrected chi connectivity index (χ1v) is 5.48. The Morgan fingerprint density at radius 3 is 3.00 bits per heavy atom. The number of rotatable bonds is 7. The molecule has 0 aliphatic carbocycles. The number of hydrogen-bond acceptors (Lipinski definition) is 3. The van der Waals surface area contributed by atoms with Gasteiger partial charge in [-0.3, -0.25) is 4.79 Å². The van der Waals surface area contributed by atoms with Gasteiger partial charge in [0.05, 0.1) is 11.6 Å². The van der Waals surface area contributed by atoms with Crippen LogP contribution in [0.15, 0.2) is 18.2 Å². The molecule has 17 heavy (non-hydrogen) atoms. The van der Waals surface area contributed by atoms with Crippen molar-refractivity contribution in [1.29, 1.82) is 0 Å². The van der Waals surface area contributed by atoms with Gasteiger partial charge < -0.3 is 15.8 Å². The highest BCUT2D eigenvalue weighted by Gasteiger charge is 2.04. The molecule has 4 nitrogen and oxygen atoms in total. The molecule has 3 N–H and O–H groups in total. The minimum absolute atomic E-state index is 0.104. The summed E-state index contributed by atoms with van der Waals surface area (Å²) in [5.74, 6) is -0.925. The molecular formula is C11H14ClFN2O2. The molecule has 0 radical (unpaired) electrons. The smallest absolute Gasteiger partial charge is 0.243 e. The number of primary amides is 1. The largest absolute Gasteiger partial charge is 0.370 e. The average Bonchev–Trinajstić information content (AvgIpc) is 2.28. The number of amides is 1. The number of carbonyl (C=O) groups is 1. The minimum Gasteiger partial charge on any atom is -0.370 e. The van der Waals surface area contributed by atoms with E-state index in [-0.39, 0.29) is 11.6 Å². The fourth-order valence-corrected chi connectivity index (χ4v) is 1.42. The minimum atomic E-state index is -0.508. The third kappa shape index (κ3) is 5.12. The Hall–Kier alpha value is -1.17. The zero-order valence-corrected chi connectivity index (χ0v) is 9.97. The molecule has 0 bridgehead atoms. The molecular weight excluding hydrogens is 247 g/mol. The van der Waals surface area contributed by atoms with Gasteiger partial charge in [0.15, 0.2) is 0 Å². The second-order valence-corrected chi connectivity index (χ2v) is 3.82. The van der Waals surface area contributed by atoms with Gasteiger partial charge >= 0.3 is 0 Å². The number of hydrogen-bond donors (Lipinski definition) is 2. The monoisotopic (exact) mass is 260 g/mol. The van der Waals surface area contributed by atoms with Crippen molar-refractivity contribution >= 4 is 17.5 Å². The fraction of sp³-hybridized carbons (Fsp3) is 0.364. The van der Waals surface area contributed by atoms with Gasteiger partial charge in [-0.2, -0.15) is 0 Å². The second kappa shape index (κ2) is 7.21. The summed E-state index contributed by atoms with van der Waals surface area (Å²) in [5.41, 5.74) is 5.38. The van der Waals surface area contributed by atoms with Gasteiger partial charge in [0.1, 0.15) is 12.4 Å². The van der Waals surface area contributed by atoms with Crippen LogP contribution in [0.1, 0.15) is 5.56 Å². The maximum Gasteiger partial charge on any atom is 0.243 e. The molecule has 0 fully saturated rings. The number of nitrogens with two attached hydrogens (primary N) is 1. The lowest BCUT2D eigenvalue weighted by Crippen LogP contribution is -2.24. The fourth-order valence-electron chi connectivity index (χ4n) is 1.23. The molecule has 0 saturated heterocycles. The van der Waals surface area contributed by atoms with Crippen molar-refractivity contribution in [3.05, 3.63) is 34.6 Å². The van der Waals surface area contributed by atoms with Crippen molar-refractivity contribution in [3.63, 3.8) is 0 Å². The predicted molar refractivity (Wildman–Crippen MR) is 63.1 cm³/mol. The van der Waals surface area contributed by atoms with Crippen LogP contribution >= 0.6 is 11.6 Å². The summed E-state index contributed by atoms with van der Waals surface area (Å²) in [5, 5.41) is 3.07. The van der Waals surface area contributed by atoms with E-state index in [4.69, 9.17) is 22.1 Å². The summed E-state index contributed by atoms with van der Waals surface area (Å²) in [4.78, 5) is 10.3. The summed E-state index contributed by atoms with van der Waals surface area (Å²) in [7, 11) is 0. The van der Waals surface area contributed by atoms with Gasteiger partial charge in [-0.05, 0) is 6.07 Å². The zero-order valence-electron chi connectivity index (χ0n) is 9.21. The molecule has 0 aromatic heterocycles. The van der Waals surface area contributed by atoms with E-state index in [2.05, 4.69) is 5.32 Å². The third-order valence-electron chi connectivity index (χ3n) is 2.01. The normalized spacial score (nSPS) is 10.5. The van der Waals surface area contributed by atoms with Crippen LogP contribution in [0.5, 0.6) is 0 Å². The third-order valence-corrected chi connectivity index (χ3v) is 2.31. The molecule has 94 valence electrons. The van der Waals surface area contributed by atoms with Crippen molar-refractivity contribution in [2.75, 3.05) is 19.8 Å². The van der Waals surface area contributed by atoms with E-state index in [0.29, 0.717) is 25.3 Å². The Morgan fingerprint density at radius 1 is 1.53 bits per heavy atom. The van der Waals surface area contributed by atoms with Crippen molar-refractivity contribution in [3.8, 4) is 0 Å². The Kier molecular flexibility index (Phi) is 5.90. The van der Waals surface area contributed by atoms with Crippen LogP contribution in [0.2, 0.25) is 5.02 Å². The van der Waals surface area contributed by atoms with Gasteiger partial charge in [0, 0.05) is 18.7 Å². The van der Waals surface area contributed by atoms with E-state index >= 15 is 0 Å². The molecule has 0 saturated carbocycles. The first-order chi connectivity index (χ1) is 8.11. The Morgan fingerprint density at radius 2 is 2.29 bits per heavy atom. The molecule has 0 aliphatic rings. The summed E-state index contributed by atoms with van der Waals surface area (Å²) in [6, 6.07) is 4.83. The summed E-state index contributed by atoms with van der Waals surface area (Å²) < 4.78 is 18.3. The van der Waals surface area contributed by atoms with Crippen LogP contribution in [0, 0.1) is 5.82 Å². The van der Waals surface area contributed by atoms with Crippen molar-refractivity contribution in [2.24, 2.45) is 5.73 Å². The van der Waals surface area contributed by atoms with E-state index in [1.165, 1.54) is 6.07 Å². The molecule has 0 aliphatic heterocycles. The zero-order chi connectivity index (χ0) is 12.7. The van der Waals surface area contributed by atoms with Gasteiger partial charge in [-0.15, -0.1) is 0 Å². The molecule has 0 unspecified atom stereocenters. The molecule has 1 amide bonds. The quantitative estimate of drug-likeness (QED) is 0.721. The summed E-state index contributed by atoms with van der Waals surface area (Å²) >= 11 is 5.63.